The molecule has 0 saturated heterocycles. The molecule has 0 radical (unpaired) electrons. The van der Waals surface area contributed by atoms with E-state index in [0.717, 1.165) is 11.8 Å². The number of ether oxygens (including phenoxy) is 2. The van der Waals surface area contributed by atoms with E-state index in [0.29, 0.717) is 11.6 Å². The van der Waals surface area contributed by atoms with Gasteiger partial charge in [0.2, 0.25) is 0 Å². The molecule has 1 atom stereocenters. The summed E-state index contributed by atoms with van der Waals surface area (Å²) in [6.07, 6.45) is 1.87. The van der Waals surface area contributed by atoms with E-state index in [1.165, 1.54) is 4.57 Å². The molecule has 0 amide bonds. The third-order valence-corrected chi connectivity index (χ3v) is 3.25. The highest BCUT2D eigenvalue weighted by Gasteiger charge is 2.20. The first-order valence-electron chi connectivity index (χ1n) is 7.60. The van der Waals surface area contributed by atoms with Gasteiger partial charge in [-0.1, -0.05) is 12.1 Å². The Morgan fingerprint density at radius 3 is 2.42 bits per heavy atom. The first kappa shape index (κ1) is 17.6. The molecule has 1 N–H and O–H groups in total. The highest BCUT2D eigenvalue weighted by molar-refractivity contribution is 5.77. The average molecular weight is 330 g/mol. The van der Waals surface area contributed by atoms with Crippen LogP contribution in [0.1, 0.15) is 32.4 Å². The molecule has 2 aromatic rings. The molecule has 2 rings (SSSR count). The number of aldehydes is 1. The van der Waals surface area contributed by atoms with E-state index < -0.39 is 17.7 Å². The number of methoxy groups -OCH3 is 1. The van der Waals surface area contributed by atoms with Crippen molar-refractivity contribution < 1.29 is 19.1 Å². The highest BCUT2D eigenvalue weighted by Crippen LogP contribution is 2.22. The second kappa shape index (κ2) is 7.21. The van der Waals surface area contributed by atoms with Crippen LogP contribution in [0.5, 0.6) is 5.75 Å². The minimum Gasteiger partial charge on any atom is -0.497 e. The van der Waals surface area contributed by atoms with Gasteiger partial charge in [-0.05, 0) is 50.6 Å². The lowest BCUT2D eigenvalue weighted by molar-refractivity contribution is -0.108. The molecule has 0 aliphatic rings. The van der Waals surface area contributed by atoms with Crippen molar-refractivity contribution >= 4 is 18.2 Å². The number of nitrogens with zero attached hydrogens (tertiary/aromatic N) is 1. The van der Waals surface area contributed by atoms with Crippen molar-refractivity contribution in [1.29, 1.82) is 0 Å². The predicted molar refractivity (Wildman–Crippen MR) is 91.5 cm³/mol. The minimum atomic E-state index is -0.599. The molecule has 1 aromatic carbocycles. The number of hydrogen-bond donors (Lipinski definition) is 1. The summed E-state index contributed by atoms with van der Waals surface area (Å²) in [5.74, 6) is 1.19. The van der Waals surface area contributed by atoms with Crippen LogP contribution in [-0.2, 0) is 9.53 Å². The summed E-state index contributed by atoms with van der Waals surface area (Å²) in [5, 5.41) is 3.05. The van der Waals surface area contributed by atoms with Crippen molar-refractivity contribution in [2.24, 2.45) is 0 Å². The van der Waals surface area contributed by atoms with Crippen molar-refractivity contribution in [1.82, 2.24) is 4.57 Å². The quantitative estimate of drug-likeness (QED) is 0.848. The van der Waals surface area contributed by atoms with E-state index >= 15 is 0 Å². The smallest absolute Gasteiger partial charge is 0.420 e. The van der Waals surface area contributed by atoms with Crippen LogP contribution < -0.4 is 10.1 Å². The lowest BCUT2D eigenvalue weighted by Crippen LogP contribution is -2.28. The Hall–Kier alpha value is -2.76. The molecule has 0 saturated carbocycles. The molecule has 1 aromatic heterocycles. The molecule has 128 valence electrons. The number of carbonyl (C=O) groups excluding carboxylic acids is 2. The van der Waals surface area contributed by atoms with Crippen molar-refractivity contribution in [2.75, 3.05) is 12.4 Å². The van der Waals surface area contributed by atoms with E-state index in [1.807, 2.05) is 0 Å². The fourth-order valence-electron chi connectivity index (χ4n) is 2.14. The Bertz CT molecular complexity index is 699. The van der Waals surface area contributed by atoms with Crippen molar-refractivity contribution in [2.45, 2.75) is 32.4 Å². The van der Waals surface area contributed by atoms with Gasteiger partial charge in [0, 0.05) is 6.20 Å². The predicted octanol–water partition coefficient (Wildman–Crippen LogP) is 3.63. The van der Waals surface area contributed by atoms with Gasteiger partial charge in [-0.15, -0.1) is 0 Å². The molecule has 0 bridgehead atoms. The van der Waals surface area contributed by atoms with Crippen LogP contribution in [0.3, 0.4) is 0 Å². The van der Waals surface area contributed by atoms with E-state index in [4.69, 9.17) is 9.47 Å². The standard InChI is InChI=1S/C18H22N2O4/c1-18(2,3)24-17(22)20-11-5-6-16(20)19-15(12-21)13-7-9-14(23-4)10-8-13/h5-12,15,19H,1-4H3. The summed E-state index contributed by atoms with van der Waals surface area (Å²) in [6.45, 7) is 5.40. The van der Waals surface area contributed by atoms with Gasteiger partial charge in [-0.25, -0.2) is 9.36 Å². The van der Waals surface area contributed by atoms with Crippen molar-refractivity contribution in [3.05, 3.63) is 48.2 Å². The second-order valence-corrected chi connectivity index (χ2v) is 6.28. The zero-order valence-electron chi connectivity index (χ0n) is 14.3. The molecule has 1 unspecified atom stereocenters. The number of nitrogens with one attached hydrogen (secondary N) is 1. The summed E-state index contributed by atoms with van der Waals surface area (Å²) < 4.78 is 11.8. The first-order valence-corrected chi connectivity index (χ1v) is 7.60. The topological polar surface area (TPSA) is 69.6 Å². The van der Waals surface area contributed by atoms with Crippen LogP contribution in [0.2, 0.25) is 0 Å². The third kappa shape index (κ3) is 4.38. The van der Waals surface area contributed by atoms with Crippen LogP contribution >= 0.6 is 0 Å². The molecule has 1 heterocycles. The molecule has 0 fully saturated rings. The van der Waals surface area contributed by atoms with Gasteiger partial charge in [-0.3, -0.25) is 0 Å². The van der Waals surface area contributed by atoms with E-state index in [9.17, 15) is 9.59 Å². The Morgan fingerprint density at radius 2 is 1.88 bits per heavy atom. The van der Waals surface area contributed by atoms with Crippen LogP contribution in [0, 0.1) is 0 Å². The Kier molecular flexibility index (Phi) is 5.28. The lowest BCUT2D eigenvalue weighted by atomic mass is 10.1. The Morgan fingerprint density at radius 1 is 1.21 bits per heavy atom. The maximum atomic E-state index is 12.2. The van der Waals surface area contributed by atoms with Gasteiger partial charge in [0.1, 0.15) is 29.5 Å². The third-order valence-electron chi connectivity index (χ3n) is 3.25. The number of carbonyl (C=O) groups is 2. The van der Waals surface area contributed by atoms with E-state index in [-0.39, 0.29) is 0 Å². The first-order chi connectivity index (χ1) is 11.3. The highest BCUT2D eigenvalue weighted by atomic mass is 16.6. The number of anilines is 1. The van der Waals surface area contributed by atoms with Crippen LogP contribution in [-0.4, -0.2) is 29.7 Å². The molecule has 0 aliphatic heterocycles. The Labute approximate surface area is 141 Å². The lowest BCUT2D eigenvalue weighted by Gasteiger charge is -2.21. The monoisotopic (exact) mass is 330 g/mol. The van der Waals surface area contributed by atoms with Crippen LogP contribution in [0.15, 0.2) is 42.6 Å². The second-order valence-electron chi connectivity index (χ2n) is 6.28. The fraction of sp³-hybridized carbons (Fsp3) is 0.333. The molecule has 6 heteroatoms. The summed E-state index contributed by atoms with van der Waals surface area (Å²) >= 11 is 0. The Balaban J connectivity index is 2.18. The van der Waals surface area contributed by atoms with Gasteiger partial charge in [-0.2, -0.15) is 0 Å². The van der Waals surface area contributed by atoms with Crippen molar-refractivity contribution in [3.8, 4) is 5.75 Å². The van der Waals surface area contributed by atoms with Gasteiger partial charge >= 0.3 is 6.09 Å². The molecule has 0 spiro atoms. The summed E-state index contributed by atoms with van der Waals surface area (Å²) in [6, 6.07) is 9.98. The molecular weight excluding hydrogens is 308 g/mol. The van der Waals surface area contributed by atoms with Gasteiger partial charge in [0.05, 0.1) is 7.11 Å². The van der Waals surface area contributed by atoms with Gasteiger partial charge < -0.3 is 19.6 Å². The number of benzene rings is 1. The van der Waals surface area contributed by atoms with E-state index in [2.05, 4.69) is 5.32 Å². The maximum absolute atomic E-state index is 12.2. The average Bonchev–Trinajstić information content (AvgIpc) is 2.99. The largest absolute Gasteiger partial charge is 0.497 e. The van der Waals surface area contributed by atoms with Crippen LogP contribution in [0.4, 0.5) is 10.6 Å². The van der Waals surface area contributed by atoms with Gasteiger partial charge in [0.25, 0.3) is 0 Å². The molecule has 0 aliphatic carbocycles. The van der Waals surface area contributed by atoms with E-state index in [1.54, 1.807) is 70.5 Å². The van der Waals surface area contributed by atoms with Crippen LogP contribution in [0.25, 0.3) is 0 Å². The zero-order chi connectivity index (χ0) is 17.7. The number of hydrogen-bond acceptors (Lipinski definition) is 5. The molecular formula is C18H22N2O4. The normalized spacial score (nSPS) is 12.3. The molecule has 24 heavy (non-hydrogen) atoms. The molecule has 6 nitrogen and oxygen atoms in total. The SMILES string of the molecule is COc1ccc(C(C=O)Nc2cccn2C(=O)OC(C)(C)C)cc1. The van der Waals surface area contributed by atoms with Gasteiger partial charge in [0.15, 0.2) is 0 Å². The summed E-state index contributed by atoms with van der Waals surface area (Å²) in [5.41, 5.74) is 0.168. The summed E-state index contributed by atoms with van der Waals surface area (Å²) in [7, 11) is 1.58. The maximum Gasteiger partial charge on any atom is 0.420 e. The van der Waals surface area contributed by atoms with Crippen molar-refractivity contribution in [3.63, 3.8) is 0 Å². The fourth-order valence-corrected chi connectivity index (χ4v) is 2.14. The minimum absolute atomic E-state index is 0.483. The zero-order valence-corrected chi connectivity index (χ0v) is 14.3. The summed E-state index contributed by atoms with van der Waals surface area (Å²) in [4.78, 5) is 23.7. The number of rotatable bonds is 5. The number of aromatic nitrogens is 1.